The molecule has 0 atom stereocenters. The minimum Gasteiger partial charge on any atom is -0.313 e. The van der Waals surface area contributed by atoms with E-state index in [2.05, 4.69) is 25.9 Å². The second-order valence-electron chi connectivity index (χ2n) is 3.57. The summed E-state index contributed by atoms with van der Waals surface area (Å²) in [5.41, 5.74) is -0.169. The molecule has 0 fully saturated rings. The lowest BCUT2D eigenvalue weighted by molar-refractivity contribution is 0.682. The third-order valence-corrected chi connectivity index (χ3v) is 3.35. The number of aryl methyl sites for hydroxylation is 2. The van der Waals surface area contributed by atoms with E-state index in [-0.39, 0.29) is 0 Å². The van der Waals surface area contributed by atoms with E-state index in [1.54, 1.807) is 11.6 Å². The average Bonchev–Trinajstić information content (AvgIpc) is 2.61. The van der Waals surface area contributed by atoms with Crippen molar-refractivity contribution in [1.82, 2.24) is 19.1 Å². The largest absolute Gasteiger partial charge is 0.329 e. The Bertz CT molecular complexity index is 672. The van der Waals surface area contributed by atoms with Crippen LogP contribution in [0, 0.1) is 0 Å². The Kier molecular flexibility index (Phi) is 3.39. The number of nitrogens with zero attached hydrogens (tertiary/aromatic N) is 3. The van der Waals surface area contributed by atoms with Crippen LogP contribution in [-0.4, -0.2) is 25.0 Å². The van der Waals surface area contributed by atoms with E-state index in [9.17, 15) is 9.59 Å². The van der Waals surface area contributed by atoms with Crippen LogP contribution in [0.15, 0.2) is 14.3 Å². The summed E-state index contributed by atoms with van der Waals surface area (Å²) in [5, 5.41) is 0. The van der Waals surface area contributed by atoms with Crippen molar-refractivity contribution in [3.05, 3.63) is 25.6 Å². The third kappa shape index (κ3) is 2.04. The molecule has 0 saturated carbocycles. The van der Waals surface area contributed by atoms with Gasteiger partial charge >= 0.3 is 5.69 Å². The SMILES string of the molecule is Cn1c(=O)[nH]c(=O)c2c1nc(Br)n2CCCCl. The van der Waals surface area contributed by atoms with E-state index in [1.807, 2.05) is 0 Å². The van der Waals surface area contributed by atoms with Gasteiger partial charge in [0.1, 0.15) is 0 Å². The maximum absolute atomic E-state index is 11.8. The standard InChI is InChI=1S/C9H10BrClN4O2/c1-14-6-5(7(16)13-9(14)17)15(4-2-3-11)8(10)12-6/h2-4H2,1H3,(H,13,16,17). The van der Waals surface area contributed by atoms with Crippen molar-refractivity contribution in [2.45, 2.75) is 13.0 Å². The molecule has 0 amide bonds. The first-order chi connectivity index (χ1) is 8.06. The number of rotatable bonds is 3. The minimum absolute atomic E-state index is 0.361. The zero-order chi connectivity index (χ0) is 12.6. The maximum Gasteiger partial charge on any atom is 0.329 e. The van der Waals surface area contributed by atoms with Crippen molar-refractivity contribution >= 4 is 38.7 Å². The maximum atomic E-state index is 11.8. The number of aromatic amines is 1. The quantitative estimate of drug-likeness (QED) is 0.672. The number of alkyl halides is 1. The Morgan fingerprint density at radius 3 is 2.82 bits per heavy atom. The predicted octanol–water partition coefficient (Wildman–Crippen LogP) is 0.815. The molecule has 0 unspecified atom stereocenters. The fraction of sp³-hybridized carbons (Fsp3) is 0.444. The smallest absolute Gasteiger partial charge is 0.313 e. The molecule has 0 aromatic carbocycles. The number of fused-ring (bicyclic) bond motifs is 1. The molecule has 1 N–H and O–H groups in total. The summed E-state index contributed by atoms with van der Waals surface area (Å²) in [7, 11) is 1.56. The number of aromatic nitrogens is 4. The van der Waals surface area contributed by atoms with Crippen molar-refractivity contribution in [2.24, 2.45) is 7.05 Å². The number of hydrogen-bond acceptors (Lipinski definition) is 3. The van der Waals surface area contributed by atoms with Crippen LogP contribution in [0.2, 0.25) is 0 Å². The van der Waals surface area contributed by atoms with Gasteiger partial charge in [-0.1, -0.05) is 0 Å². The molecule has 0 saturated heterocycles. The van der Waals surface area contributed by atoms with Gasteiger partial charge in [-0.15, -0.1) is 11.6 Å². The van der Waals surface area contributed by atoms with E-state index in [0.29, 0.717) is 34.7 Å². The molecule has 0 spiro atoms. The molecular weight excluding hydrogens is 311 g/mol. The van der Waals surface area contributed by atoms with Crippen LogP contribution in [0.4, 0.5) is 0 Å². The lowest BCUT2D eigenvalue weighted by Gasteiger charge is -2.03. The van der Waals surface area contributed by atoms with Gasteiger partial charge < -0.3 is 4.57 Å². The molecule has 2 aromatic heterocycles. The monoisotopic (exact) mass is 320 g/mol. The van der Waals surface area contributed by atoms with Gasteiger partial charge in [-0.25, -0.2) is 9.78 Å². The van der Waals surface area contributed by atoms with E-state index >= 15 is 0 Å². The number of nitrogens with one attached hydrogen (secondary N) is 1. The topological polar surface area (TPSA) is 72.7 Å². The zero-order valence-electron chi connectivity index (χ0n) is 9.04. The molecule has 17 heavy (non-hydrogen) atoms. The average molecular weight is 322 g/mol. The Balaban J connectivity index is 2.78. The molecule has 92 valence electrons. The first-order valence-electron chi connectivity index (χ1n) is 4.97. The van der Waals surface area contributed by atoms with Crippen molar-refractivity contribution in [3.63, 3.8) is 0 Å². The van der Waals surface area contributed by atoms with Crippen LogP contribution in [0.1, 0.15) is 6.42 Å². The van der Waals surface area contributed by atoms with Crippen LogP contribution in [0.25, 0.3) is 11.2 Å². The van der Waals surface area contributed by atoms with Gasteiger partial charge in [0.15, 0.2) is 15.9 Å². The van der Waals surface area contributed by atoms with Gasteiger partial charge in [-0.2, -0.15) is 0 Å². The van der Waals surface area contributed by atoms with Gasteiger partial charge in [0, 0.05) is 19.5 Å². The van der Waals surface area contributed by atoms with E-state index in [1.165, 1.54) is 4.57 Å². The molecule has 0 aliphatic carbocycles. The van der Waals surface area contributed by atoms with Gasteiger partial charge in [0.25, 0.3) is 5.56 Å². The highest BCUT2D eigenvalue weighted by Gasteiger charge is 2.14. The fourth-order valence-corrected chi connectivity index (χ4v) is 2.27. The molecule has 2 rings (SSSR count). The Morgan fingerprint density at radius 1 is 1.47 bits per heavy atom. The summed E-state index contributed by atoms with van der Waals surface area (Å²) in [5.74, 6) is 0.496. The van der Waals surface area contributed by atoms with Crippen molar-refractivity contribution < 1.29 is 0 Å². The molecule has 0 aliphatic rings. The van der Waals surface area contributed by atoms with Crippen molar-refractivity contribution in [1.29, 1.82) is 0 Å². The number of halogens is 2. The first kappa shape index (κ1) is 12.4. The number of H-pyrrole nitrogens is 1. The van der Waals surface area contributed by atoms with Crippen molar-refractivity contribution in [3.8, 4) is 0 Å². The highest BCUT2D eigenvalue weighted by atomic mass is 79.9. The molecule has 2 aromatic rings. The van der Waals surface area contributed by atoms with Gasteiger partial charge in [0.05, 0.1) is 0 Å². The summed E-state index contributed by atoms with van der Waals surface area (Å²) in [6.07, 6.45) is 0.716. The summed E-state index contributed by atoms with van der Waals surface area (Å²) in [6, 6.07) is 0. The molecule has 2 heterocycles. The second-order valence-corrected chi connectivity index (χ2v) is 4.65. The summed E-state index contributed by atoms with van der Waals surface area (Å²) < 4.78 is 3.53. The Labute approximate surface area is 109 Å². The first-order valence-corrected chi connectivity index (χ1v) is 6.30. The minimum atomic E-state index is -0.475. The lowest BCUT2D eigenvalue weighted by atomic mass is 10.4. The van der Waals surface area contributed by atoms with Gasteiger partial charge in [-0.3, -0.25) is 14.3 Å². The molecule has 0 radical (unpaired) electrons. The van der Waals surface area contributed by atoms with Crippen LogP contribution < -0.4 is 11.2 Å². The summed E-state index contributed by atoms with van der Waals surface area (Å²) in [4.78, 5) is 29.6. The Hall–Kier alpha value is -1.08. The molecule has 0 aliphatic heterocycles. The van der Waals surface area contributed by atoms with Gasteiger partial charge in [-0.05, 0) is 22.4 Å². The predicted molar refractivity (Wildman–Crippen MR) is 68.6 cm³/mol. The van der Waals surface area contributed by atoms with Crippen LogP contribution in [0.3, 0.4) is 0 Å². The summed E-state index contributed by atoms with van der Waals surface area (Å²) in [6.45, 7) is 0.571. The number of hydrogen-bond donors (Lipinski definition) is 1. The van der Waals surface area contributed by atoms with E-state index in [4.69, 9.17) is 11.6 Å². The number of imidazole rings is 1. The molecule has 8 heteroatoms. The lowest BCUT2D eigenvalue weighted by Crippen LogP contribution is -2.29. The van der Waals surface area contributed by atoms with Crippen molar-refractivity contribution in [2.75, 3.05) is 5.88 Å². The fourth-order valence-electron chi connectivity index (χ4n) is 1.63. The third-order valence-electron chi connectivity index (χ3n) is 2.48. The Morgan fingerprint density at radius 2 is 2.18 bits per heavy atom. The zero-order valence-corrected chi connectivity index (χ0v) is 11.4. The van der Waals surface area contributed by atoms with Crippen LogP contribution >= 0.6 is 27.5 Å². The van der Waals surface area contributed by atoms with E-state index < -0.39 is 11.2 Å². The van der Waals surface area contributed by atoms with Crippen LogP contribution in [-0.2, 0) is 13.6 Å². The van der Waals surface area contributed by atoms with Gasteiger partial charge in [0.2, 0.25) is 0 Å². The van der Waals surface area contributed by atoms with Crippen LogP contribution in [0.5, 0.6) is 0 Å². The highest BCUT2D eigenvalue weighted by Crippen LogP contribution is 2.16. The molecule has 0 bridgehead atoms. The normalized spacial score (nSPS) is 11.2. The second kappa shape index (κ2) is 4.66. The molecule has 6 nitrogen and oxygen atoms in total. The summed E-state index contributed by atoms with van der Waals surface area (Å²) >= 11 is 8.90. The van der Waals surface area contributed by atoms with E-state index in [0.717, 1.165) is 0 Å². The molecular formula is C9H10BrClN4O2. The highest BCUT2D eigenvalue weighted by molar-refractivity contribution is 9.10.